The lowest BCUT2D eigenvalue weighted by molar-refractivity contribution is 0.355. The topological polar surface area (TPSA) is 70.3 Å². The Bertz CT molecular complexity index is 1160. The normalized spacial score (nSPS) is 11.1. The van der Waals surface area contributed by atoms with Crippen LogP contribution in [0.4, 0.5) is 0 Å². The summed E-state index contributed by atoms with van der Waals surface area (Å²) >= 11 is 6.06. The van der Waals surface area contributed by atoms with Gasteiger partial charge in [-0.15, -0.1) is 0 Å². The fraction of sp³-hybridized carbons (Fsp3) is 0.364. The molecule has 0 atom stereocenters. The van der Waals surface area contributed by atoms with Gasteiger partial charge in [-0.2, -0.15) is 5.10 Å². The average Bonchev–Trinajstić information content (AvgIpc) is 2.95. The molecule has 3 rings (SSSR count). The van der Waals surface area contributed by atoms with Crippen LogP contribution in [-0.4, -0.2) is 28.6 Å². The van der Waals surface area contributed by atoms with E-state index >= 15 is 0 Å². The first-order chi connectivity index (χ1) is 14.3. The van der Waals surface area contributed by atoms with Crippen molar-refractivity contribution in [2.24, 2.45) is 7.05 Å². The molecule has 0 aliphatic heterocycles. The molecule has 2 heterocycles. The van der Waals surface area contributed by atoms with Gasteiger partial charge >= 0.3 is 0 Å². The molecule has 0 bridgehead atoms. The molecule has 0 aliphatic rings. The summed E-state index contributed by atoms with van der Waals surface area (Å²) in [6.45, 7) is 9.01. The van der Waals surface area contributed by atoms with Gasteiger partial charge in [0.2, 0.25) is 0 Å². The Morgan fingerprint density at radius 3 is 2.40 bits per heavy atom. The van der Waals surface area contributed by atoms with Crippen molar-refractivity contribution in [3.05, 3.63) is 62.7 Å². The maximum Gasteiger partial charge on any atom is 0.255 e. The summed E-state index contributed by atoms with van der Waals surface area (Å²) in [6.07, 6.45) is 0. The van der Waals surface area contributed by atoms with Crippen molar-refractivity contribution in [3.8, 4) is 11.5 Å². The number of hydrogen-bond donors (Lipinski definition) is 1. The van der Waals surface area contributed by atoms with E-state index in [0.717, 1.165) is 22.3 Å². The summed E-state index contributed by atoms with van der Waals surface area (Å²) in [6, 6.07) is 5.53. The summed E-state index contributed by atoms with van der Waals surface area (Å²) in [5.74, 6) is 1.15. The minimum Gasteiger partial charge on any atom is -0.493 e. The van der Waals surface area contributed by atoms with Gasteiger partial charge in [0.05, 0.1) is 32.0 Å². The van der Waals surface area contributed by atoms with Crippen LogP contribution in [0.5, 0.6) is 11.5 Å². The molecule has 8 heteroatoms. The molecule has 0 saturated heterocycles. The first-order valence-electron chi connectivity index (χ1n) is 9.58. The summed E-state index contributed by atoms with van der Waals surface area (Å²) in [7, 11) is 5.07. The van der Waals surface area contributed by atoms with E-state index in [4.69, 9.17) is 21.1 Å². The van der Waals surface area contributed by atoms with Gasteiger partial charge < -0.3 is 19.4 Å². The molecule has 0 amide bonds. The van der Waals surface area contributed by atoms with Crippen LogP contribution in [-0.2, 0) is 26.7 Å². The van der Waals surface area contributed by atoms with Gasteiger partial charge in [-0.25, -0.2) is 0 Å². The zero-order valence-electron chi connectivity index (χ0n) is 18.0. The molecule has 160 valence electrons. The zero-order valence-corrected chi connectivity index (χ0v) is 18.8. The molecule has 0 spiro atoms. The monoisotopic (exact) mass is 430 g/mol. The summed E-state index contributed by atoms with van der Waals surface area (Å²) in [4.78, 5) is 13.2. The number of pyridine rings is 1. The van der Waals surface area contributed by atoms with Gasteiger partial charge in [0.1, 0.15) is 0 Å². The van der Waals surface area contributed by atoms with Crippen molar-refractivity contribution < 1.29 is 9.47 Å². The average molecular weight is 431 g/mol. The Balaban J connectivity index is 2.00. The number of halogens is 1. The summed E-state index contributed by atoms with van der Waals surface area (Å²) in [5.41, 5.74) is 4.44. The Hall–Kier alpha value is -2.77. The van der Waals surface area contributed by atoms with E-state index in [2.05, 4.69) is 17.0 Å². The van der Waals surface area contributed by atoms with E-state index in [-0.39, 0.29) is 12.1 Å². The van der Waals surface area contributed by atoms with Crippen LogP contribution in [0.15, 0.2) is 34.6 Å². The van der Waals surface area contributed by atoms with E-state index < -0.39 is 0 Å². The lowest BCUT2D eigenvalue weighted by Gasteiger charge is -2.16. The summed E-state index contributed by atoms with van der Waals surface area (Å²) in [5, 5.41) is 9.04. The van der Waals surface area contributed by atoms with E-state index in [1.165, 1.54) is 0 Å². The molecule has 0 fully saturated rings. The number of benzene rings is 1. The van der Waals surface area contributed by atoms with Crippen LogP contribution in [0.1, 0.15) is 22.5 Å². The number of fused-ring (bicyclic) bond motifs is 1. The molecule has 0 aliphatic carbocycles. The Kier molecular flexibility index (Phi) is 6.53. The Morgan fingerprint density at radius 2 is 1.83 bits per heavy atom. The first kappa shape index (κ1) is 21.9. The molecular weight excluding hydrogens is 404 g/mol. The van der Waals surface area contributed by atoms with Crippen LogP contribution in [0, 0.1) is 13.8 Å². The maximum absolute atomic E-state index is 13.2. The van der Waals surface area contributed by atoms with Crippen LogP contribution in [0.2, 0.25) is 0 Å². The van der Waals surface area contributed by atoms with Crippen molar-refractivity contribution in [3.63, 3.8) is 0 Å². The highest BCUT2D eigenvalue weighted by atomic mass is 35.5. The minimum absolute atomic E-state index is 0.122. The number of nitrogens with zero attached hydrogens (tertiary/aromatic N) is 3. The highest BCUT2D eigenvalue weighted by Crippen LogP contribution is 2.32. The quantitative estimate of drug-likeness (QED) is 0.593. The van der Waals surface area contributed by atoms with E-state index in [0.29, 0.717) is 40.7 Å². The largest absolute Gasteiger partial charge is 0.493 e. The molecule has 7 nitrogen and oxygen atoms in total. The van der Waals surface area contributed by atoms with E-state index in [1.54, 1.807) is 24.9 Å². The Labute approximate surface area is 180 Å². The first-order valence-corrected chi connectivity index (χ1v) is 9.96. The molecule has 30 heavy (non-hydrogen) atoms. The third kappa shape index (κ3) is 4.22. The fourth-order valence-electron chi connectivity index (χ4n) is 3.62. The van der Waals surface area contributed by atoms with Gasteiger partial charge in [-0.3, -0.25) is 9.48 Å². The van der Waals surface area contributed by atoms with Gasteiger partial charge in [-0.1, -0.05) is 18.2 Å². The van der Waals surface area contributed by atoms with Crippen LogP contribution in [0.25, 0.3) is 10.9 Å². The predicted molar refractivity (Wildman–Crippen MR) is 120 cm³/mol. The number of hydrogen-bond acceptors (Lipinski definition) is 5. The third-order valence-corrected chi connectivity index (χ3v) is 5.40. The number of nitrogens with one attached hydrogen (secondary N) is 1. The second-order valence-electron chi connectivity index (χ2n) is 7.22. The van der Waals surface area contributed by atoms with Crippen molar-refractivity contribution in [2.75, 3.05) is 14.2 Å². The molecule has 0 saturated carbocycles. The van der Waals surface area contributed by atoms with Gasteiger partial charge in [0, 0.05) is 53.4 Å². The lowest BCUT2D eigenvalue weighted by atomic mass is 10.1. The SMILES string of the molecule is C=C(Cl)Cn1c(=O)c(CNCc2c(C)nn(C)c2C)cc2cc(OC)c(OC)cc21. The van der Waals surface area contributed by atoms with Crippen molar-refractivity contribution in [1.29, 1.82) is 0 Å². The number of ether oxygens (including phenoxy) is 2. The highest BCUT2D eigenvalue weighted by Gasteiger charge is 2.15. The second kappa shape index (κ2) is 8.93. The number of rotatable bonds is 8. The van der Waals surface area contributed by atoms with E-state index in [9.17, 15) is 4.79 Å². The maximum atomic E-state index is 13.2. The van der Waals surface area contributed by atoms with Gasteiger partial charge in [0.15, 0.2) is 11.5 Å². The number of aryl methyl sites for hydroxylation is 2. The van der Waals surface area contributed by atoms with Crippen molar-refractivity contribution in [1.82, 2.24) is 19.7 Å². The third-order valence-electron chi connectivity index (χ3n) is 5.28. The number of methoxy groups -OCH3 is 2. The Morgan fingerprint density at radius 1 is 1.17 bits per heavy atom. The zero-order chi connectivity index (χ0) is 22.0. The fourth-order valence-corrected chi connectivity index (χ4v) is 3.74. The van der Waals surface area contributed by atoms with Crippen LogP contribution >= 0.6 is 11.6 Å². The van der Waals surface area contributed by atoms with Crippen molar-refractivity contribution >= 4 is 22.5 Å². The van der Waals surface area contributed by atoms with Gasteiger partial charge in [-0.05, 0) is 26.0 Å². The molecule has 1 N–H and O–H groups in total. The molecule has 0 radical (unpaired) electrons. The molecule has 0 unspecified atom stereocenters. The van der Waals surface area contributed by atoms with E-state index in [1.807, 2.05) is 37.7 Å². The summed E-state index contributed by atoms with van der Waals surface area (Å²) < 4.78 is 14.3. The standard InChI is InChI=1S/C22H27ClN4O3/c1-13(23)12-27-19-9-21(30-6)20(29-5)8-16(19)7-17(22(27)28)10-24-11-18-14(2)25-26(4)15(18)3/h7-9,24H,1,10-12H2,2-6H3. The van der Waals surface area contributed by atoms with Crippen LogP contribution in [0.3, 0.4) is 0 Å². The number of allylic oxidation sites excluding steroid dienone is 1. The van der Waals surface area contributed by atoms with Crippen molar-refractivity contribution in [2.45, 2.75) is 33.5 Å². The highest BCUT2D eigenvalue weighted by molar-refractivity contribution is 6.29. The smallest absolute Gasteiger partial charge is 0.255 e. The second-order valence-corrected chi connectivity index (χ2v) is 7.76. The minimum atomic E-state index is -0.122. The molecular formula is C22H27ClN4O3. The molecule has 3 aromatic rings. The van der Waals surface area contributed by atoms with Crippen LogP contribution < -0.4 is 20.3 Å². The number of aromatic nitrogens is 3. The lowest BCUT2D eigenvalue weighted by Crippen LogP contribution is -2.28. The molecule has 1 aromatic carbocycles. The van der Waals surface area contributed by atoms with Gasteiger partial charge in [0.25, 0.3) is 5.56 Å². The predicted octanol–water partition coefficient (Wildman–Crippen LogP) is 3.41. The molecule has 2 aromatic heterocycles.